The van der Waals surface area contributed by atoms with Gasteiger partial charge in [-0.3, -0.25) is 0 Å². The molecule has 1 heterocycles. The minimum absolute atomic E-state index is 0.0535. The van der Waals surface area contributed by atoms with Crippen LogP contribution < -0.4 is 0 Å². The van der Waals surface area contributed by atoms with E-state index in [4.69, 9.17) is 33.3 Å². The molecule has 1 fully saturated rings. The van der Waals surface area contributed by atoms with Gasteiger partial charge in [0.2, 0.25) is 0 Å². The van der Waals surface area contributed by atoms with E-state index in [1.165, 1.54) is 0 Å². The highest BCUT2D eigenvalue weighted by molar-refractivity contribution is 6.74. The molecule has 0 aliphatic carbocycles. The quantitative estimate of drug-likeness (QED) is 0.576. The van der Waals surface area contributed by atoms with Gasteiger partial charge in [0, 0.05) is 6.00 Å². The van der Waals surface area contributed by atoms with Gasteiger partial charge >= 0.3 is 0 Å². The van der Waals surface area contributed by atoms with Gasteiger partial charge in [-0.05, 0) is 24.6 Å². The maximum Gasteiger partial charge on any atom is 0.192 e. The molecule has 3 atom stereocenters. The van der Waals surface area contributed by atoms with Gasteiger partial charge in [0.25, 0.3) is 0 Å². The Morgan fingerprint density at radius 1 is 1.39 bits per heavy atom. The summed E-state index contributed by atoms with van der Waals surface area (Å²) in [5, 5.41) is 0.191. The van der Waals surface area contributed by atoms with Crippen molar-refractivity contribution in [3.05, 3.63) is 0 Å². The molecule has 0 aromatic carbocycles. The molecule has 0 aromatic heterocycles. The minimum atomic E-state index is -1.76. The van der Waals surface area contributed by atoms with Crippen molar-refractivity contribution in [2.24, 2.45) is 0 Å². The van der Waals surface area contributed by atoms with Crippen molar-refractivity contribution in [1.29, 1.82) is 0 Å². The molecule has 0 N–H and O–H groups in total. The molecule has 3 nitrogen and oxygen atoms in total. The predicted molar refractivity (Wildman–Crippen MR) is 77.8 cm³/mol. The number of hydrogen-bond donors (Lipinski definition) is 0. The fraction of sp³-hybridized carbons (Fsp3) is 1.00. The second-order valence-electron chi connectivity index (χ2n) is 6.33. The highest BCUT2D eigenvalue weighted by Crippen LogP contribution is 2.37. The summed E-state index contributed by atoms with van der Waals surface area (Å²) in [6, 6.07) is -0.108. The average Bonchev–Trinajstić information content (AvgIpc) is 2.55. The second-order valence-corrected chi connectivity index (χ2v) is 11.4. The van der Waals surface area contributed by atoms with Crippen molar-refractivity contribution in [3.63, 3.8) is 0 Å². The first-order valence-corrected chi connectivity index (χ1v) is 9.84. The van der Waals surface area contributed by atoms with Gasteiger partial charge in [0.15, 0.2) is 8.32 Å². The zero-order valence-corrected chi connectivity index (χ0v) is 13.8. The zero-order valence-electron chi connectivity index (χ0n) is 12.0. The summed E-state index contributed by atoms with van der Waals surface area (Å²) in [6.07, 6.45) is 0.522. The van der Waals surface area contributed by atoms with E-state index >= 15 is 0 Å². The SMILES string of the molecule is [B][C@H]1C[C@@H](OCCl)[C@@H](CO[Si](C)(C)C(C)(C)C)O1. The number of ether oxygens (including phenoxy) is 2. The summed E-state index contributed by atoms with van der Waals surface area (Å²) in [5.74, 6) is 0. The Hall–Kier alpha value is 0.452. The number of alkyl halides is 1. The van der Waals surface area contributed by atoms with Gasteiger partial charge < -0.3 is 13.9 Å². The lowest BCUT2D eigenvalue weighted by Crippen LogP contribution is -2.44. The van der Waals surface area contributed by atoms with Crippen LogP contribution in [-0.2, 0) is 13.9 Å². The Morgan fingerprint density at radius 3 is 2.50 bits per heavy atom. The van der Waals surface area contributed by atoms with Crippen molar-refractivity contribution < 1.29 is 13.9 Å². The molecule has 1 rings (SSSR count). The number of hydrogen-bond acceptors (Lipinski definition) is 3. The van der Waals surface area contributed by atoms with Crippen molar-refractivity contribution in [1.82, 2.24) is 0 Å². The van der Waals surface area contributed by atoms with Crippen molar-refractivity contribution in [2.75, 3.05) is 12.7 Å². The summed E-state index contributed by atoms with van der Waals surface area (Å²) in [5.41, 5.74) is 0. The molecule has 1 aliphatic rings. The Balaban J connectivity index is 2.52. The Kier molecular flexibility index (Phi) is 5.75. The van der Waals surface area contributed by atoms with E-state index in [1.807, 2.05) is 0 Å². The first-order valence-electron chi connectivity index (χ1n) is 6.40. The van der Waals surface area contributed by atoms with Gasteiger partial charge in [-0.1, -0.05) is 32.4 Å². The maximum atomic E-state index is 6.14. The first-order chi connectivity index (χ1) is 8.17. The van der Waals surface area contributed by atoms with E-state index in [0.717, 1.165) is 0 Å². The van der Waals surface area contributed by atoms with Crippen LogP contribution in [0.4, 0.5) is 0 Å². The first kappa shape index (κ1) is 16.5. The molecule has 2 radical (unpaired) electrons. The number of halogens is 1. The monoisotopic (exact) mass is 290 g/mol. The van der Waals surface area contributed by atoms with E-state index < -0.39 is 8.32 Å². The van der Waals surface area contributed by atoms with Crippen LogP contribution in [0.2, 0.25) is 18.1 Å². The Bertz CT molecular complexity index is 271. The van der Waals surface area contributed by atoms with E-state index in [0.29, 0.717) is 13.0 Å². The van der Waals surface area contributed by atoms with Crippen LogP contribution in [0.25, 0.3) is 0 Å². The van der Waals surface area contributed by atoms with Crippen molar-refractivity contribution >= 4 is 27.8 Å². The summed E-state index contributed by atoms with van der Waals surface area (Å²) < 4.78 is 17.2. The smallest absolute Gasteiger partial charge is 0.192 e. The molecule has 104 valence electrons. The minimum Gasteiger partial charge on any atom is -0.414 e. The van der Waals surface area contributed by atoms with Gasteiger partial charge in [-0.25, -0.2) is 0 Å². The molecule has 0 unspecified atom stereocenters. The highest BCUT2D eigenvalue weighted by atomic mass is 35.5. The van der Waals surface area contributed by atoms with Gasteiger partial charge in [0.05, 0.1) is 12.7 Å². The molecular weight excluding hydrogens is 266 g/mol. The fourth-order valence-electron chi connectivity index (χ4n) is 1.66. The number of rotatable bonds is 5. The van der Waals surface area contributed by atoms with Crippen LogP contribution in [-0.4, -0.2) is 47.0 Å². The maximum absolute atomic E-state index is 6.14. The molecule has 0 amide bonds. The third kappa shape index (κ3) is 4.24. The van der Waals surface area contributed by atoms with E-state index in [9.17, 15) is 0 Å². The predicted octanol–water partition coefficient (Wildman–Crippen LogP) is 2.87. The molecule has 18 heavy (non-hydrogen) atoms. The molecule has 0 saturated carbocycles. The summed E-state index contributed by atoms with van der Waals surface area (Å²) >= 11 is 5.61. The summed E-state index contributed by atoms with van der Waals surface area (Å²) in [4.78, 5) is 0. The van der Waals surface area contributed by atoms with E-state index in [-0.39, 0.29) is 29.3 Å². The van der Waals surface area contributed by atoms with E-state index in [1.54, 1.807) is 0 Å². The lowest BCUT2D eigenvalue weighted by atomic mass is 9.96. The average molecular weight is 291 g/mol. The normalized spacial score (nSPS) is 29.8. The van der Waals surface area contributed by atoms with Gasteiger partial charge in [0.1, 0.15) is 20.0 Å². The molecule has 0 bridgehead atoms. The highest BCUT2D eigenvalue weighted by Gasteiger charge is 2.40. The Morgan fingerprint density at radius 2 is 2.00 bits per heavy atom. The van der Waals surface area contributed by atoms with Gasteiger partial charge in [-0.15, -0.1) is 0 Å². The van der Waals surface area contributed by atoms with Gasteiger partial charge in [-0.2, -0.15) is 0 Å². The molecule has 0 aromatic rings. The van der Waals surface area contributed by atoms with Crippen LogP contribution in [0.1, 0.15) is 27.2 Å². The van der Waals surface area contributed by atoms with Crippen molar-refractivity contribution in [3.8, 4) is 0 Å². The summed E-state index contributed by atoms with van der Waals surface area (Å²) in [7, 11) is 4.03. The van der Waals surface area contributed by atoms with Crippen LogP contribution >= 0.6 is 11.6 Å². The second kappa shape index (κ2) is 6.27. The van der Waals surface area contributed by atoms with Crippen LogP contribution in [0.15, 0.2) is 0 Å². The summed E-state index contributed by atoms with van der Waals surface area (Å²) in [6.45, 7) is 11.6. The van der Waals surface area contributed by atoms with Crippen molar-refractivity contribution in [2.45, 2.75) is 63.5 Å². The van der Waals surface area contributed by atoms with E-state index in [2.05, 4.69) is 33.9 Å². The standard InChI is InChI=1S/C12H24BClO3Si/c1-12(2,3)18(4,5)16-7-10-9(15-8-14)6-11(13)17-10/h9-11H,6-8H2,1-5H3/t9-,10-,11-/m1/s1. The lowest BCUT2D eigenvalue weighted by molar-refractivity contribution is -0.0225. The molecular formula is C12H24BClO3Si. The largest absolute Gasteiger partial charge is 0.414 e. The third-order valence-electron chi connectivity index (χ3n) is 3.92. The van der Waals surface area contributed by atoms with Crippen LogP contribution in [0, 0.1) is 0 Å². The molecule has 0 spiro atoms. The van der Waals surface area contributed by atoms with Crippen LogP contribution in [0.5, 0.6) is 0 Å². The Labute approximate surface area is 118 Å². The third-order valence-corrected chi connectivity index (χ3v) is 8.55. The molecule has 1 saturated heterocycles. The van der Waals surface area contributed by atoms with Crippen LogP contribution in [0.3, 0.4) is 0 Å². The fourth-order valence-corrected chi connectivity index (χ4v) is 2.83. The molecule has 1 aliphatic heterocycles. The topological polar surface area (TPSA) is 27.7 Å². The zero-order chi connectivity index (χ0) is 14.0. The molecule has 6 heteroatoms. The lowest BCUT2D eigenvalue weighted by Gasteiger charge is -2.37.